The van der Waals surface area contributed by atoms with E-state index in [1.165, 1.54) is 36.3 Å². The van der Waals surface area contributed by atoms with E-state index in [1.807, 2.05) is 0 Å². The summed E-state index contributed by atoms with van der Waals surface area (Å²) in [6.45, 7) is 0.0644. The first-order valence-electron chi connectivity index (χ1n) is 9.97. The minimum absolute atomic E-state index is 0.0644. The molecule has 1 fully saturated rings. The molecule has 1 saturated heterocycles. The number of rotatable bonds is 6. The van der Waals surface area contributed by atoms with Gasteiger partial charge in [-0.05, 0) is 41.5 Å². The van der Waals surface area contributed by atoms with E-state index in [9.17, 15) is 24.8 Å². The third kappa shape index (κ3) is 4.16. The van der Waals surface area contributed by atoms with E-state index in [-0.39, 0.29) is 23.6 Å². The molecular formula is C24H19N3O6. The Balaban J connectivity index is 1.86. The molecule has 33 heavy (non-hydrogen) atoms. The number of nitro benzene ring substituents is 1. The van der Waals surface area contributed by atoms with Crippen molar-refractivity contribution < 1.29 is 24.4 Å². The van der Waals surface area contributed by atoms with Crippen molar-refractivity contribution in [1.29, 1.82) is 0 Å². The molecule has 9 nitrogen and oxygen atoms in total. The number of carbonyl (C=O) groups is 2. The lowest BCUT2D eigenvalue weighted by Gasteiger charge is -2.25. The van der Waals surface area contributed by atoms with Gasteiger partial charge in [0.25, 0.3) is 17.4 Å². The highest BCUT2D eigenvalue weighted by atomic mass is 16.6. The highest BCUT2D eigenvalue weighted by molar-refractivity contribution is 6.46. The van der Waals surface area contributed by atoms with Crippen LogP contribution in [0, 0.1) is 10.1 Å². The normalized spacial score (nSPS) is 17.2. The van der Waals surface area contributed by atoms with Crippen LogP contribution in [0.1, 0.15) is 22.7 Å². The van der Waals surface area contributed by atoms with Gasteiger partial charge in [-0.25, -0.2) is 0 Å². The van der Waals surface area contributed by atoms with Crippen molar-refractivity contribution in [3.05, 3.63) is 105 Å². The number of hydrogen-bond acceptors (Lipinski definition) is 7. The topological polar surface area (TPSA) is 123 Å². The maximum Gasteiger partial charge on any atom is 0.295 e. The van der Waals surface area contributed by atoms with Gasteiger partial charge in [0, 0.05) is 36.6 Å². The predicted octanol–water partition coefficient (Wildman–Crippen LogP) is 3.62. The smallest absolute Gasteiger partial charge is 0.295 e. The van der Waals surface area contributed by atoms with Crippen LogP contribution in [0.5, 0.6) is 5.75 Å². The van der Waals surface area contributed by atoms with E-state index >= 15 is 0 Å². The molecule has 2 aromatic carbocycles. The average molecular weight is 445 g/mol. The predicted molar refractivity (Wildman–Crippen MR) is 118 cm³/mol. The number of aliphatic hydroxyl groups is 1. The Labute approximate surface area is 188 Å². The summed E-state index contributed by atoms with van der Waals surface area (Å²) in [5, 5.41) is 22.2. The van der Waals surface area contributed by atoms with Gasteiger partial charge in [0.05, 0.1) is 23.6 Å². The molecule has 1 aromatic heterocycles. The molecule has 1 amide bonds. The maximum atomic E-state index is 13.1. The number of aliphatic hydroxyl groups excluding tert-OH is 1. The second kappa shape index (κ2) is 8.91. The molecule has 0 spiro atoms. The van der Waals surface area contributed by atoms with E-state index in [2.05, 4.69) is 4.98 Å². The molecule has 0 radical (unpaired) electrons. The van der Waals surface area contributed by atoms with Gasteiger partial charge in [-0.3, -0.25) is 24.7 Å². The lowest BCUT2D eigenvalue weighted by atomic mass is 9.95. The number of pyridine rings is 1. The van der Waals surface area contributed by atoms with Crippen molar-refractivity contribution in [1.82, 2.24) is 9.88 Å². The number of aromatic nitrogens is 1. The quantitative estimate of drug-likeness (QED) is 0.202. The first-order chi connectivity index (χ1) is 15.9. The molecule has 1 N–H and O–H groups in total. The second-order valence-corrected chi connectivity index (χ2v) is 7.37. The van der Waals surface area contributed by atoms with E-state index in [0.29, 0.717) is 22.4 Å². The van der Waals surface area contributed by atoms with Crippen molar-refractivity contribution in [2.45, 2.75) is 12.6 Å². The highest BCUT2D eigenvalue weighted by Crippen LogP contribution is 2.40. The standard InChI is InChI=1S/C24H19N3O6/c1-33-19-6-2-5-17(12-19)22(28)20-21(16-7-9-18(10-8-16)27(31)32)26(24(30)23(20)29)14-15-4-3-11-25-13-15/h2-13,21,28H,14H2,1H3/b22-20+/t21-/m0/s1. The van der Waals surface area contributed by atoms with Crippen molar-refractivity contribution in [2.75, 3.05) is 7.11 Å². The van der Waals surface area contributed by atoms with Crippen LogP contribution in [-0.4, -0.2) is 38.7 Å². The average Bonchev–Trinajstić information content (AvgIpc) is 3.09. The number of carbonyl (C=O) groups excluding carboxylic acids is 2. The van der Waals surface area contributed by atoms with Gasteiger partial charge in [-0.1, -0.05) is 18.2 Å². The first-order valence-corrected chi connectivity index (χ1v) is 9.97. The van der Waals surface area contributed by atoms with Gasteiger partial charge < -0.3 is 14.7 Å². The summed E-state index contributed by atoms with van der Waals surface area (Å²) in [6.07, 6.45) is 3.17. The third-order valence-corrected chi connectivity index (χ3v) is 5.38. The maximum absolute atomic E-state index is 13.1. The minimum atomic E-state index is -0.947. The van der Waals surface area contributed by atoms with E-state index in [0.717, 1.165) is 0 Å². The van der Waals surface area contributed by atoms with Crippen LogP contribution in [0.15, 0.2) is 78.6 Å². The van der Waals surface area contributed by atoms with Crippen LogP contribution >= 0.6 is 0 Å². The van der Waals surface area contributed by atoms with E-state index < -0.39 is 22.7 Å². The van der Waals surface area contributed by atoms with Crippen molar-refractivity contribution in [3.8, 4) is 5.75 Å². The van der Waals surface area contributed by atoms with Crippen LogP contribution in [0.2, 0.25) is 0 Å². The fourth-order valence-electron chi connectivity index (χ4n) is 3.78. The van der Waals surface area contributed by atoms with Crippen LogP contribution in [0.3, 0.4) is 0 Å². The largest absolute Gasteiger partial charge is 0.507 e. The second-order valence-electron chi connectivity index (χ2n) is 7.37. The molecule has 1 aliphatic heterocycles. The summed E-state index contributed by atoms with van der Waals surface area (Å²) in [4.78, 5) is 42.0. The van der Waals surface area contributed by atoms with E-state index in [1.54, 1.807) is 48.8 Å². The number of ether oxygens (including phenoxy) is 1. The fraction of sp³-hybridized carbons (Fsp3) is 0.125. The minimum Gasteiger partial charge on any atom is -0.507 e. The third-order valence-electron chi connectivity index (χ3n) is 5.38. The Hall–Kier alpha value is -4.53. The van der Waals surface area contributed by atoms with Crippen LogP contribution in [-0.2, 0) is 16.1 Å². The lowest BCUT2D eigenvalue weighted by Crippen LogP contribution is -2.29. The van der Waals surface area contributed by atoms with Gasteiger partial charge in [0.1, 0.15) is 11.5 Å². The Morgan fingerprint density at radius 1 is 1.15 bits per heavy atom. The van der Waals surface area contributed by atoms with Crippen molar-refractivity contribution in [2.24, 2.45) is 0 Å². The summed E-state index contributed by atoms with van der Waals surface area (Å²) >= 11 is 0. The van der Waals surface area contributed by atoms with Gasteiger partial charge >= 0.3 is 0 Å². The van der Waals surface area contributed by atoms with Gasteiger partial charge in [0.2, 0.25) is 0 Å². The molecule has 0 saturated carbocycles. The van der Waals surface area contributed by atoms with Crippen molar-refractivity contribution >= 4 is 23.1 Å². The number of amides is 1. The molecule has 2 heterocycles. The number of hydrogen-bond donors (Lipinski definition) is 1. The fourth-order valence-corrected chi connectivity index (χ4v) is 3.78. The molecule has 0 bridgehead atoms. The molecule has 0 unspecified atom stereocenters. The van der Waals surface area contributed by atoms with Gasteiger partial charge in [-0.2, -0.15) is 0 Å². The molecule has 0 aliphatic carbocycles. The number of likely N-dealkylation sites (tertiary alicyclic amines) is 1. The lowest BCUT2D eigenvalue weighted by molar-refractivity contribution is -0.384. The molecule has 3 aromatic rings. The molecule has 4 rings (SSSR count). The van der Waals surface area contributed by atoms with Gasteiger partial charge in [0.15, 0.2) is 0 Å². The first kappa shape index (κ1) is 21.7. The number of nitro groups is 1. The van der Waals surface area contributed by atoms with Crippen LogP contribution in [0.25, 0.3) is 5.76 Å². The van der Waals surface area contributed by atoms with E-state index in [4.69, 9.17) is 4.74 Å². The van der Waals surface area contributed by atoms with Crippen LogP contribution in [0.4, 0.5) is 5.69 Å². The number of non-ortho nitro benzene ring substituents is 1. The SMILES string of the molecule is COc1cccc(/C(O)=C2\C(=O)C(=O)N(Cc3cccnc3)[C@H]2c2ccc([N+](=O)[O-])cc2)c1. The molecule has 1 atom stereocenters. The highest BCUT2D eigenvalue weighted by Gasteiger charge is 2.46. The summed E-state index contributed by atoms with van der Waals surface area (Å²) in [5.74, 6) is -1.52. The molecule has 1 aliphatic rings. The summed E-state index contributed by atoms with van der Waals surface area (Å²) in [6, 6.07) is 14.6. The monoisotopic (exact) mass is 445 g/mol. The Kier molecular flexibility index (Phi) is 5.86. The number of nitrogens with zero attached hydrogens (tertiary/aromatic N) is 3. The number of ketones is 1. The number of Topliss-reactive ketones (excluding diaryl/α,β-unsaturated/α-hetero) is 1. The summed E-state index contributed by atoms with van der Waals surface area (Å²) < 4.78 is 5.20. The Morgan fingerprint density at radius 2 is 1.91 bits per heavy atom. The Morgan fingerprint density at radius 3 is 2.55 bits per heavy atom. The van der Waals surface area contributed by atoms with Crippen LogP contribution < -0.4 is 4.74 Å². The zero-order valence-corrected chi connectivity index (χ0v) is 17.5. The molecule has 9 heteroatoms. The van der Waals surface area contributed by atoms with Gasteiger partial charge in [-0.15, -0.1) is 0 Å². The van der Waals surface area contributed by atoms with Crippen molar-refractivity contribution in [3.63, 3.8) is 0 Å². The zero-order valence-electron chi connectivity index (χ0n) is 17.5. The summed E-state index contributed by atoms with van der Waals surface area (Å²) in [5.41, 5.74) is 1.21. The molecular weight excluding hydrogens is 426 g/mol. The zero-order chi connectivity index (χ0) is 23.5. The Bertz CT molecular complexity index is 1250. The number of methoxy groups -OCH3 is 1. The number of benzene rings is 2. The summed E-state index contributed by atoms with van der Waals surface area (Å²) in [7, 11) is 1.48. The molecule has 166 valence electrons.